The molecular formula is C13H16ClN3O2. The van der Waals surface area contributed by atoms with Crippen LogP contribution in [0, 0.1) is 0 Å². The van der Waals surface area contributed by atoms with Crippen LogP contribution in [0.15, 0.2) is 18.3 Å². The molecule has 0 N–H and O–H groups in total. The van der Waals surface area contributed by atoms with Crippen molar-refractivity contribution in [3.63, 3.8) is 0 Å². The van der Waals surface area contributed by atoms with Crippen LogP contribution in [0.5, 0.6) is 0 Å². The number of carbonyl (C=O) groups is 2. The van der Waals surface area contributed by atoms with Crippen LogP contribution in [0.25, 0.3) is 0 Å². The summed E-state index contributed by atoms with van der Waals surface area (Å²) >= 11 is 5.82. The number of rotatable bonds is 3. The van der Waals surface area contributed by atoms with Crippen LogP contribution in [0.2, 0.25) is 5.02 Å². The monoisotopic (exact) mass is 281 g/mol. The van der Waals surface area contributed by atoms with Crippen LogP contribution in [-0.2, 0) is 4.79 Å². The van der Waals surface area contributed by atoms with E-state index in [-0.39, 0.29) is 24.1 Å². The summed E-state index contributed by atoms with van der Waals surface area (Å²) in [5, 5.41) is 0.456. The van der Waals surface area contributed by atoms with Gasteiger partial charge < -0.3 is 9.80 Å². The molecule has 1 aliphatic heterocycles. The zero-order chi connectivity index (χ0) is 13.8. The van der Waals surface area contributed by atoms with Gasteiger partial charge in [0.25, 0.3) is 5.91 Å². The minimum absolute atomic E-state index is 0.0182. The fraction of sp³-hybridized carbons (Fsp3) is 0.462. The van der Waals surface area contributed by atoms with Crippen LogP contribution < -0.4 is 0 Å². The number of aromatic nitrogens is 1. The first kappa shape index (κ1) is 13.8. The van der Waals surface area contributed by atoms with Crippen molar-refractivity contribution >= 4 is 23.4 Å². The third-order valence-electron chi connectivity index (χ3n) is 3.12. The molecule has 0 atom stereocenters. The summed E-state index contributed by atoms with van der Waals surface area (Å²) in [6, 6.07) is 3.11. The summed E-state index contributed by atoms with van der Waals surface area (Å²) < 4.78 is 0. The number of carbonyl (C=O) groups excluding carboxylic acids is 2. The van der Waals surface area contributed by atoms with Gasteiger partial charge in [-0.3, -0.25) is 14.6 Å². The molecule has 1 aromatic rings. The molecule has 2 amide bonds. The fourth-order valence-corrected chi connectivity index (χ4v) is 2.22. The van der Waals surface area contributed by atoms with Gasteiger partial charge in [0.15, 0.2) is 0 Å². The first-order valence-corrected chi connectivity index (χ1v) is 6.60. The Labute approximate surface area is 117 Å². The molecule has 0 radical (unpaired) electrons. The van der Waals surface area contributed by atoms with Crippen molar-refractivity contribution in [2.24, 2.45) is 0 Å². The lowest BCUT2D eigenvalue weighted by molar-refractivity contribution is -0.130. The maximum absolute atomic E-state index is 12.1. The lowest BCUT2D eigenvalue weighted by Crippen LogP contribution is -2.40. The number of pyridine rings is 1. The molecule has 1 aromatic heterocycles. The quantitative estimate of drug-likeness (QED) is 0.842. The fourth-order valence-electron chi connectivity index (χ4n) is 2.06. The van der Waals surface area contributed by atoms with E-state index in [4.69, 9.17) is 11.6 Å². The van der Waals surface area contributed by atoms with Crippen LogP contribution in [-0.4, -0.2) is 53.3 Å². The first-order valence-electron chi connectivity index (χ1n) is 6.23. The third kappa shape index (κ3) is 3.44. The molecule has 19 heavy (non-hydrogen) atoms. The van der Waals surface area contributed by atoms with Gasteiger partial charge in [0.1, 0.15) is 5.69 Å². The highest BCUT2D eigenvalue weighted by atomic mass is 35.5. The van der Waals surface area contributed by atoms with E-state index < -0.39 is 0 Å². The number of likely N-dealkylation sites (tertiary alicyclic amines) is 1. The van der Waals surface area contributed by atoms with E-state index in [0.29, 0.717) is 5.02 Å². The van der Waals surface area contributed by atoms with Gasteiger partial charge in [0.2, 0.25) is 5.91 Å². The molecule has 0 unspecified atom stereocenters. The zero-order valence-corrected chi connectivity index (χ0v) is 11.6. The summed E-state index contributed by atoms with van der Waals surface area (Å²) in [4.78, 5) is 31.2. The number of likely N-dealkylation sites (N-methyl/N-ethyl adjacent to an activating group) is 1. The van der Waals surface area contributed by atoms with Gasteiger partial charge in [-0.15, -0.1) is 0 Å². The Balaban J connectivity index is 1.97. The highest BCUT2D eigenvalue weighted by Crippen LogP contribution is 2.11. The van der Waals surface area contributed by atoms with Crippen LogP contribution in [0.3, 0.4) is 0 Å². The van der Waals surface area contributed by atoms with Crippen molar-refractivity contribution in [1.29, 1.82) is 0 Å². The van der Waals surface area contributed by atoms with Gasteiger partial charge in [-0.05, 0) is 25.0 Å². The Bertz CT molecular complexity index is 487. The second kappa shape index (κ2) is 6.02. The highest BCUT2D eigenvalue weighted by molar-refractivity contribution is 6.30. The van der Waals surface area contributed by atoms with Crippen molar-refractivity contribution in [3.8, 4) is 0 Å². The summed E-state index contributed by atoms with van der Waals surface area (Å²) in [5.41, 5.74) is 0.254. The molecule has 0 bridgehead atoms. The van der Waals surface area contributed by atoms with Crippen LogP contribution in [0.1, 0.15) is 23.3 Å². The average Bonchev–Trinajstić information content (AvgIpc) is 2.91. The number of hydrogen-bond acceptors (Lipinski definition) is 3. The maximum Gasteiger partial charge on any atom is 0.272 e. The predicted molar refractivity (Wildman–Crippen MR) is 72.0 cm³/mol. The van der Waals surface area contributed by atoms with E-state index >= 15 is 0 Å². The Hall–Kier alpha value is -1.62. The molecule has 0 aromatic carbocycles. The van der Waals surface area contributed by atoms with Gasteiger partial charge in [0, 0.05) is 31.4 Å². The van der Waals surface area contributed by atoms with Gasteiger partial charge in [-0.1, -0.05) is 11.6 Å². The minimum atomic E-state index is -0.296. The van der Waals surface area contributed by atoms with E-state index in [1.165, 1.54) is 17.2 Å². The smallest absolute Gasteiger partial charge is 0.272 e. The molecule has 102 valence electrons. The second-order valence-corrected chi connectivity index (χ2v) is 5.04. The molecule has 1 aliphatic rings. The van der Waals surface area contributed by atoms with Crippen molar-refractivity contribution in [2.45, 2.75) is 12.8 Å². The van der Waals surface area contributed by atoms with E-state index in [1.807, 2.05) is 0 Å². The number of nitrogens with zero attached hydrogens (tertiary/aromatic N) is 3. The van der Waals surface area contributed by atoms with Crippen LogP contribution >= 0.6 is 11.6 Å². The topological polar surface area (TPSA) is 53.5 Å². The molecule has 1 fully saturated rings. The largest absolute Gasteiger partial charge is 0.341 e. The molecule has 2 rings (SSSR count). The second-order valence-electron chi connectivity index (χ2n) is 4.61. The Kier molecular flexibility index (Phi) is 4.37. The van der Waals surface area contributed by atoms with E-state index in [9.17, 15) is 9.59 Å². The van der Waals surface area contributed by atoms with E-state index in [1.54, 1.807) is 18.0 Å². The first-order chi connectivity index (χ1) is 9.08. The Morgan fingerprint density at radius 1 is 1.42 bits per heavy atom. The van der Waals surface area contributed by atoms with Crippen molar-refractivity contribution in [2.75, 3.05) is 26.7 Å². The average molecular weight is 282 g/mol. The van der Waals surface area contributed by atoms with E-state index in [2.05, 4.69) is 4.98 Å². The summed E-state index contributed by atoms with van der Waals surface area (Å²) in [6.07, 6.45) is 3.56. The Morgan fingerprint density at radius 3 is 2.74 bits per heavy atom. The lowest BCUT2D eigenvalue weighted by atomic mass is 10.3. The number of amides is 2. The van der Waals surface area contributed by atoms with Crippen molar-refractivity contribution in [1.82, 2.24) is 14.8 Å². The predicted octanol–water partition coefficient (Wildman–Crippen LogP) is 1.43. The van der Waals surface area contributed by atoms with Crippen molar-refractivity contribution < 1.29 is 9.59 Å². The van der Waals surface area contributed by atoms with Crippen molar-refractivity contribution in [3.05, 3.63) is 29.0 Å². The summed E-state index contributed by atoms with van der Waals surface area (Å²) in [7, 11) is 1.60. The van der Waals surface area contributed by atoms with Gasteiger partial charge in [0.05, 0.1) is 6.54 Å². The standard InChI is InChI=1S/C13H16ClN3O2/c1-16(9-12(18)17-6-2-3-7-17)13(19)11-8-10(14)4-5-15-11/h4-5,8H,2-3,6-7,9H2,1H3. The van der Waals surface area contributed by atoms with Gasteiger partial charge >= 0.3 is 0 Å². The molecule has 0 saturated carbocycles. The molecule has 2 heterocycles. The molecular weight excluding hydrogens is 266 g/mol. The maximum atomic E-state index is 12.1. The van der Waals surface area contributed by atoms with E-state index in [0.717, 1.165) is 25.9 Å². The number of halogens is 1. The molecule has 6 heteroatoms. The van der Waals surface area contributed by atoms with Gasteiger partial charge in [-0.2, -0.15) is 0 Å². The molecule has 0 spiro atoms. The zero-order valence-electron chi connectivity index (χ0n) is 10.8. The minimum Gasteiger partial charge on any atom is -0.341 e. The van der Waals surface area contributed by atoms with Gasteiger partial charge in [-0.25, -0.2) is 0 Å². The number of hydrogen-bond donors (Lipinski definition) is 0. The van der Waals surface area contributed by atoms with Crippen LogP contribution in [0.4, 0.5) is 0 Å². The summed E-state index contributed by atoms with van der Waals surface area (Å²) in [5.74, 6) is -0.314. The highest BCUT2D eigenvalue weighted by Gasteiger charge is 2.22. The SMILES string of the molecule is CN(CC(=O)N1CCCC1)C(=O)c1cc(Cl)ccn1. The summed E-state index contributed by atoms with van der Waals surface area (Å²) in [6.45, 7) is 1.65. The normalized spacial score (nSPS) is 14.5. The molecule has 5 nitrogen and oxygen atoms in total. The molecule has 1 saturated heterocycles. The molecule has 0 aliphatic carbocycles. The third-order valence-corrected chi connectivity index (χ3v) is 3.35. The Morgan fingerprint density at radius 2 is 2.11 bits per heavy atom. The lowest BCUT2D eigenvalue weighted by Gasteiger charge is -2.21.